The lowest BCUT2D eigenvalue weighted by Gasteiger charge is -2.21. The molecule has 5 nitrogen and oxygen atoms in total. The van der Waals surface area contributed by atoms with E-state index in [9.17, 15) is 8.42 Å². The van der Waals surface area contributed by atoms with E-state index in [1.165, 1.54) is 10.5 Å². The summed E-state index contributed by atoms with van der Waals surface area (Å²) in [5.74, 6) is 0. The lowest BCUT2D eigenvalue weighted by Crippen LogP contribution is -2.37. The van der Waals surface area contributed by atoms with Gasteiger partial charge in [0.05, 0.1) is 0 Å². The molecule has 0 aliphatic carbocycles. The molecule has 1 aromatic heterocycles. The highest BCUT2D eigenvalue weighted by Gasteiger charge is 2.23. The predicted octanol–water partition coefficient (Wildman–Crippen LogP) is 2.00. The van der Waals surface area contributed by atoms with Crippen LogP contribution in [0.25, 0.3) is 0 Å². The topological polar surface area (TPSA) is 76.3 Å². The van der Waals surface area contributed by atoms with Crippen LogP contribution in [0.3, 0.4) is 0 Å². The first-order valence-electron chi connectivity index (χ1n) is 7.21. The molecule has 0 saturated heterocycles. The molecule has 1 aromatic carbocycles. The largest absolute Gasteiger partial charge is 0.329 e. The molecular weight excluding hydrogens is 334 g/mol. The highest BCUT2D eigenvalue weighted by Crippen LogP contribution is 2.15. The lowest BCUT2D eigenvalue weighted by atomic mass is 10.1. The molecule has 2 N–H and O–H groups in total. The number of sulfonamides is 1. The van der Waals surface area contributed by atoms with Crippen molar-refractivity contribution >= 4 is 22.4 Å². The SMILES string of the molecule is Cc1ccc(S(=O)(=O)N(CCN)CCc2ccccc2)cn1.Cl. The summed E-state index contributed by atoms with van der Waals surface area (Å²) in [5, 5.41) is 0. The van der Waals surface area contributed by atoms with Crippen molar-refractivity contribution < 1.29 is 8.42 Å². The van der Waals surface area contributed by atoms with E-state index < -0.39 is 10.0 Å². The van der Waals surface area contributed by atoms with Gasteiger partial charge in [0.15, 0.2) is 0 Å². The average Bonchev–Trinajstić information content (AvgIpc) is 2.52. The van der Waals surface area contributed by atoms with E-state index in [-0.39, 0.29) is 23.8 Å². The maximum Gasteiger partial charge on any atom is 0.244 e. The maximum absolute atomic E-state index is 12.7. The van der Waals surface area contributed by atoms with E-state index in [0.717, 1.165) is 11.3 Å². The third-order valence-corrected chi connectivity index (χ3v) is 5.28. The van der Waals surface area contributed by atoms with Crippen LogP contribution in [0, 0.1) is 6.92 Å². The quantitative estimate of drug-likeness (QED) is 0.824. The van der Waals surface area contributed by atoms with Crippen molar-refractivity contribution in [3.63, 3.8) is 0 Å². The van der Waals surface area contributed by atoms with E-state index in [0.29, 0.717) is 19.5 Å². The van der Waals surface area contributed by atoms with Crippen molar-refractivity contribution in [2.45, 2.75) is 18.2 Å². The van der Waals surface area contributed by atoms with E-state index >= 15 is 0 Å². The van der Waals surface area contributed by atoms with E-state index in [1.807, 2.05) is 37.3 Å². The third kappa shape index (κ3) is 5.28. The van der Waals surface area contributed by atoms with Crippen molar-refractivity contribution in [2.24, 2.45) is 5.73 Å². The molecule has 0 unspecified atom stereocenters. The van der Waals surface area contributed by atoms with E-state index in [1.54, 1.807) is 12.1 Å². The molecule has 0 radical (unpaired) electrons. The van der Waals surface area contributed by atoms with E-state index in [4.69, 9.17) is 5.73 Å². The predicted molar refractivity (Wildman–Crippen MR) is 94.2 cm³/mol. The van der Waals surface area contributed by atoms with Gasteiger partial charge in [-0.3, -0.25) is 4.98 Å². The van der Waals surface area contributed by atoms with Gasteiger partial charge in [0.1, 0.15) is 4.90 Å². The van der Waals surface area contributed by atoms with Gasteiger partial charge in [-0.05, 0) is 31.0 Å². The van der Waals surface area contributed by atoms with Gasteiger partial charge in [-0.25, -0.2) is 8.42 Å². The summed E-state index contributed by atoms with van der Waals surface area (Å²) in [6, 6.07) is 13.1. The molecule has 2 rings (SSSR count). The highest BCUT2D eigenvalue weighted by molar-refractivity contribution is 7.89. The molecule has 0 amide bonds. The minimum Gasteiger partial charge on any atom is -0.329 e. The number of nitrogens with zero attached hydrogens (tertiary/aromatic N) is 2. The molecule has 1 heterocycles. The second-order valence-electron chi connectivity index (χ2n) is 5.06. The lowest BCUT2D eigenvalue weighted by molar-refractivity contribution is 0.421. The zero-order valence-electron chi connectivity index (χ0n) is 13.1. The molecule has 2 aromatic rings. The summed E-state index contributed by atoms with van der Waals surface area (Å²) in [6.45, 7) is 2.80. The van der Waals surface area contributed by atoms with Gasteiger partial charge in [0.2, 0.25) is 10.0 Å². The first-order valence-corrected chi connectivity index (χ1v) is 8.65. The Bertz CT molecular complexity index is 691. The average molecular weight is 356 g/mol. The van der Waals surface area contributed by atoms with Crippen molar-refractivity contribution in [2.75, 3.05) is 19.6 Å². The molecule has 0 fully saturated rings. The normalized spacial score (nSPS) is 11.3. The molecule has 23 heavy (non-hydrogen) atoms. The fraction of sp³-hybridized carbons (Fsp3) is 0.312. The van der Waals surface area contributed by atoms with Gasteiger partial charge >= 0.3 is 0 Å². The standard InChI is InChI=1S/C16H21N3O2S.ClH/c1-14-7-8-16(13-18-14)22(20,21)19(12-10-17)11-9-15-5-3-2-4-6-15;/h2-8,13H,9-12,17H2,1H3;1H. The third-order valence-electron chi connectivity index (χ3n) is 3.39. The Kier molecular flexibility index (Phi) is 7.64. The molecule has 0 saturated carbocycles. The Morgan fingerprint density at radius 2 is 1.78 bits per heavy atom. The number of halogens is 1. The van der Waals surface area contributed by atoms with Gasteiger partial charge in [-0.2, -0.15) is 4.31 Å². The second kappa shape index (κ2) is 8.98. The molecule has 0 spiro atoms. The zero-order valence-corrected chi connectivity index (χ0v) is 14.7. The number of aromatic nitrogens is 1. The Morgan fingerprint density at radius 3 is 2.35 bits per heavy atom. The fourth-order valence-electron chi connectivity index (χ4n) is 2.15. The first kappa shape index (κ1) is 19.6. The molecule has 0 aliphatic heterocycles. The smallest absolute Gasteiger partial charge is 0.244 e. The monoisotopic (exact) mass is 355 g/mol. The maximum atomic E-state index is 12.7. The number of benzene rings is 1. The Balaban J connectivity index is 0.00000264. The van der Waals surface area contributed by atoms with Crippen LogP contribution in [-0.4, -0.2) is 37.3 Å². The number of hydrogen-bond donors (Lipinski definition) is 1. The minimum absolute atomic E-state index is 0. The first-order chi connectivity index (χ1) is 10.5. The number of aryl methyl sites for hydroxylation is 1. The van der Waals surface area contributed by atoms with Gasteiger partial charge in [-0.15, -0.1) is 12.4 Å². The number of nitrogens with two attached hydrogens (primary N) is 1. The van der Waals surface area contributed by atoms with Crippen LogP contribution >= 0.6 is 12.4 Å². The molecule has 0 bridgehead atoms. The van der Waals surface area contributed by atoms with E-state index in [2.05, 4.69) is 4.98 Å². The van der Waals surface area contributed by atoms with Crippen molar-refractivity contribution in [3.05, 3.63) is 59.9 Å². The van der Waals surface area contributed by atoms with Crippen LogP contribution in [0.5, 0.6) is 0 Å². The van der Waals surface area contributed by atoms with Crippen LogP contribution in [0.4, 0.5) is 0 Å². The molecule has 0 aliphatic rings. The molecular formula is C16H22ClN3O2S. The van der Waals surface area contributed by atoms with Crippen molar-refractivity contribution in [3.8, 4) is 0 Å². The molecule has 7 heteroatoms. The highest BCUT2D eigenvalue weighted by atomic mass is 35.5. The van der Waals surface area contributed by atoms with Gasteiger partial charge in [0, 0.05) is 31.5 Å². The minimum atomic E-state index is -3.56. The summed E-state index contributed by atoms with van der Waals surface area (Å²) in [5.41, 5.74) is 7.46. The Hall–Kier alpha value is -1.47. The number of hydrogen-bond acceptors (Lipinski definition) is 4. The van der Waals surface area contributed by atoms with Crippen molar-refractivity contribution in [1.82, 2.24) is 9.29 Å². The summed E-state index contributed by atoms with van der Waals surface area (Å²) in [4.78, 5) is 4.28. The van der Waals surface area contributed by atoms with Gasteiger partial charge in [-0.1, -0.05) is 30.3 Å². The number of rotatable bonds is 7. The summed E-state index contributed by atoms with van der Waals surface area (Å²) >= 11 is 0. The van der Waals surface area contributed by atoms with Gasteiger partial charge in [0.25, 0.3) is 0 Å². The Morgan fingerprint density at radius 1 is 1.09 bits per heavy atom. The molecule has 126 valence electrons. The number of pyridine rings is 1. The second-order valence-corrected chi connectivity index (χ2v) is 7.00. The van der Waals surface area contributed by atoms with Crippen LogP contribution < -0.4 is 5.73 Å². The van der Waals surface area contributed by atoms with Crippen molar-refractivity contribution in [1.29, 1.82) is 0 Å². The summed E-state index contributed by atoms with van der Waals surface area (Å²) in [7, 11) is -3.56. The van der Waals surface area contributed by atoms with Crippen LogP contribution in [0.1, 0.15) is 11.3 Å². The molecule has 0 atom stereocenters. The fourth-order valence-corrected chi connectivity index (χ4v) is 3.55. The summed E-state index contributed by atoms with van der Waals surface area (Å²) in [6.07, 6.45) is 2.05. The van der Waals surface area contributed by atoms with Crippen LogP contribution in [0.15, 0.2) is 53.6 Å². The summed E-state index contributed by atoms with van der Waals surface area (Å²) < 4.78 is 26.8. The Labute approximate surface area is 144 Å². The van der Waals surface area contributed by atoms with Gasteiger partial charge < -0.3 is 5.73 Å². The van der Waals surface area contributed by atoms with Crippen LogP contribution in [0.2, 0.25) is 0 Å². The van der Waals surface area contributed by atoms with Crippen LogP contribution in [-0.2, 0) is 16.4 Å². The zero-order chi connectivity index (χ0) is 16.0.